The van der Waals surface area contributed by atoms with Crippen LogP contribution in [0.5, 0.6) is 0 Å². The van der Waals surface area contributed by atoms with E-state index in [0.717, 1.165) is 33.2 Å². The summed E-state index contributed by atoms with van der Waals surface area (Å²) >= 11 is -1.36. The normalized spacial score (nSPS) is 15.7. The molecule has 0 radical (unpaired) electrons. The third-order valence-corrected chi connectivity index (χ3v) is 9.86. The summed E-state index contributed by atoms with van der Waals surface area (Å²) in [6.45, 7) is 6.19. The molecule has 0 bridgehead atoms. The Kier molecular flexibility index (Phi) is 8.79. The van der Waals surface area contributed by atoms with Crippen molar-refractivity contribution >= 4 is 28.2 Å². The Labute approximate surface area is 265 Å². The fraction of sp³-hybridized carbons (Fsp3) is 0.278. The van der Waals surface area contributed by atoms with Gasteiger partial charge in [0.25, 0.3) is 5.91 Å². The molecule has 5 aromatic rings. The first kappa shape index (κ1) is 31.0. The highest BCUT2D eigenvalue weighted by Crippen LogP contribution is 2.46. The molecule has 1 aliphatic heterocycles. The van der Waals surface area contributed by atoms with Gasteiger partial charge in [0, 0.05) is 52.2 Å². The first-order chi connectivity index (χ1) is 21.6. The van der Waals surface area contributed by atoms with Crippen molar-refractivity contribution in [2.24, 2.45) is 0 Å². The number of nitrogens with zero attached hydrogens (tertiary/aromatic N) is 2. The van der Waals surface area contributed by atoms with Gasteiger partial charge in [-0.2, -0.15) is 0 Å². The van der Waals surface area contributed by atoms with E-state index in [1.165, 1.54) is 6.07 Å². The predicted molar refractivity (Wildman–Crippen MR) is 175 cm³/mol. The van der Waals surface area contributed by atoms with E-state index in [1.807, 2.05) is 79.7 Å². The highest BCUT2D eigenvalue weighted by molar-refractivity contribution is 7.90. The summed E-state index contributed by atoms with van der Waals surface area (Å²) in [7, 11) is 0. The number of benzene rings is 3. The number of aliphatic hydroxyl groups is 1. The number of hydrogen-bond donors (Lipinski definition) is 2. The summed E-state index contributed by atoms with van der Waals surface area (Å²) in [5.74, 6) is -0.117. The van der Waals surface area contributed by atoms with Crippen LogP contribution in [0.25, 0.3) is 33.6 Å². The van der Waals surface area contributed by atoms with Gasteiger partial charge in [-0.15, -0.1) is 4.31 Å². The zero-order valence-corrected chi connectivity index (χ0v) is 26.4. The Morgan fingerprint density at radius 3 is 2.58 bits per heavy atom. The van der Waals surface area contributed by atoms with E-state index in [-0.39, 0.29) is 24.9 Å². The number of carbonyl (C=O) groups excluding carboxylic acids is 1. The minimum Gasteiger partial charge on any atom is -0.597 e. The number of para-hydroxylation sites is 1. The first-order valence-electron chi connectivity index (χ1n) is 15.1. The fourth-order valence-corrected chi connectivity index (χ4v) is 7.22. The number of aromatic nitrogens is 1. The number of pyridine rings is 1. The van der Waals surface area contributed by atoms with Crippen molar-refractivity contribution < 1.29 is 23.3 Å². The standard InChI is InChI=1S/C36H36FN3O4S/c1-36(2,3)45(43)40-22-27-19-29(35(42)38-21-26-11-4-6-14-28(26)37)39-34(33(27)30(40)15-9-17-41)25-13-8-12-23(18-25)32-20-24-10-5-7-16-31(24)44-32/h4-8,10-14,16,18-20,30,41H,9,15,17,21-22H2,1-3H3,(H,38,42)/t30-,45?/m1/s1. The van der Waals surface area contributed by atoms with Crippen LogP contribution in [-0.2, 0) is 24.5 Å². The van der Waals surface area contributed by atoms with Crippen molar-refractivity contribution in [2.75, 3.05) is 6.61 Å². The summed E-state index contributed by atoms with van der Waals surface area (Å²) in [5.41, 5.74) is 5.35. The number of rotatable bonds is 9. The van der Waals surface area contributed by atoms with Gasteiger partial charge >= 0.3 is 0 Å². The third-order valence-electron chi connectivity index (χ3n) is 8.00. The Bertz CT molecular complexity index is 1820. The Morgan fingerprint density at radius 1 is 1.07 bits per heavy atom. The number of hydrogen-bond acceptors (Lipinski definition) is 6. The van der Waals surface area contributed by atoms with Crippen LogP contribution in [0.2, 0.25) is 0 Å². The quantitative estimate of drug-likeness (QED) is 0.167. The minimum atomic E-state index is -1.36. The van der Waals surface area contributed by atoms with Crippen LogP contribution in [0, 0.1) is 5.82 Å². The Hall–Kier alpha value is -4.02. The van der Waals surface area contributed by atoms with Gasteiger partial charge < -0.3 is 19.4 Å². The van der Waals surface area contributed by atoms with Crippen molar-refractivity contribution in [1.29, 1.82) is 0 Å². The maximum Gasteiger partial charge on any atom is 0.270 e. The molecular weight excluding hydrogens is 589 g/mol. The van der Waals surface area contributed by atoms with Crippen LogP contribution >= 0.6 is 0 Å². The van der Waals surface area contributed by atoms with Crippen LogP contribution < -0.4 is 5.32 Å². The third kappa shape index (κ3) is 6.39. The van der Waals surface area contributed by atoms with E-state index in [9.17, 15) is 18.8 Å². The summed E-state index contributed by atoms with van der Waals surface area (Å²) in [4.78, 5) is 18.4. The average molecular weight is 626 g/mol. The SMILES string of the molecule is CC(C)(C)[S+]([O-])N1Cc2cc(C(=O)NCc3ccccc3F)nc(-c3cccc(-c4cc5ccccc5o4)c3)c2[C@H]1CCCO. The zero-order chi connectivity index (χ0) is 31.7. The maximum atomic E-state index is 14.3. The molecule has 1 amide bonds. The zero-order valence-electron chi connectivity index (χ0n) is 25.5. The second-order valence-electron chi connectivity index (χ2n) is 12.3. The summed E-state index contributed by atoms with van der Waals surface area (Å²) in [6.07, 6.45) is 1.09. The molecule has 7 nitrogen and oxygen atoms in total. The smallest absolute Gasteiger partial charge is 0.270 e. The van der Waals surface area contributed by atoms with E-state index < -0.39 is 27.8 Å². The van der Waals surface area contributed by atoms with Gasteiger partial charge in [-0.3, -0.25) is 4.79 Å². The molecule has 3 aromatic carbocycles. The molecule has 232 valence electrons. The minimum absolute atomic E-state index is 0.00264. The summed E-state index contributed by atoms with van der Waals surface area (Å²) in [5, 5.41) is 13.6. The maximum absolute atomic E-state index is 14.3. The Balaban J connectivity index is 1.45. The molecule has 0 saturated heterocycles. The van der Waals surface area contributed by atoms with E-state index in [2.05, 4.69) is 5.32 Å². The van der Waals surface area contributed by atoms with Crippen LogP contribution in [0.4, 0.5) is 4.39 Å². The van der Waals surface area contributed by atoms with Crippen molar-refractivity contribution in [3.05, 3.63) is 113 Å². The lowest BCUT2D eigenvalue weighted by atomic mass is 9.94. The van der Waals surface area contributed by atoms with Crippen molar-refractivity contribution in [3.8, 4) is 22.6 Å². The second-order valence-corrected chi connectivity index (χ2v) is 14.4. The van der Waals surface area contributed by atoms with Crippen LogP contribution in [-0.4, -0.2) is 36.2 Å². The van der Waals surface area contributed by atoms with Crippen molar-refractivity contribution in [1.82, 2.24) is 14.6 Å². The molecule has 2 atom stereocenters. The van der Waals surface area contributed by atoms with Crippen LogP contribution in [0.3, 0.4) is 0 Å². The number of carbonyl (C=O) groups is 1. The largest absolute Gasteiger partial charge is 0.597 e. The van der Waals surface area contributed by atoms with E-state index in [1.54, 1.807) is 24.3 Å². The van der Waals surface area contributed by atoms with Gasteiger partial charge in [-0.05, 0) is 69.5 Å². The van der Waals surface area contributed by atoms with Crippen molar-refractivity contribution in [2.45, 2.75) is 57.5 Å². The van der Waals surface area contributed by atoms with Gasteiger partial charge in [0.15, 0.2) is 0 Å². The lowest BCUT2D eigenvalue weighted by molar-refractivity contribution is 0.0945. The molecule has 0 fully saturated rings. The molecule has 1 aliphatic rings. The Morgan fingerprint density at radius 2 is 1.82 bits per heavy atom. The molecule has 45 heavy (non-hydrogen) atoms. The van der Waals surface area contributed by atoms with Gasteiger partial charge in [-0.25, -0.2) is 9.37 Å². The number of nitrogens with one attached hydrogen (secondary N) is 1. The number of aliphatic hydroxyl groups excluding tert-OH is 1. The number of furan rings is 1. The fourth-order valence-electron chi connectivity index (χ4n) is 5.82. The second kappa shape index (κ2) is 12.8. The first-order valence-corrected chi connectivity index (χ1v) is 16.2. The molecule has 3 heterocycles. The van der Waals surface area contributed by atoms with Crippen molar-refractivity contribution in [3.63, 3.8) is 0 Å². The summed E-state index contributed by atoms with van der Waals surface area (Å²) < 4.78 is 35.7. The lowest BCUT2D eigenvalue weighted by Crippen LogP contribution is -2.42. The van der Waals surface area contributed by atoms with Gasteiger partial charge in [0.05, 0.1) is 18.3 Å². The molecule has 2 N–H and O–H groups in total. The number of amides is 1. The van der Waals surface area contributed by atoms with Gasteiger partial charge in [-0.1, -0.05) is 54.6 Å². The summed E-state index contributed by atoms with van der Waals surface area (Å²) in [6, 6.07) is 25.5. The van der Waals surface area contributed by atoms with E-state index in [4.69, 9.17) is 9.40 Å². The molecule has 1 unspecified atom stereocenters. The number of halogens is 1. The molecule has 0 aliphatic carbocycles. The van der Waals surface area contributed by atoms with Crippen LogP contribution in [0.15, 0.2) is 89.3 Å². The topological polar surface area (TPSA) is 102 Å². The molecule has 2 aromatic heterocycles. The lowest BCUT2D eigenvalue weighted by Gasteiger charge is -2.34. The number of fused-ring (bicyclic) bond motifs is 2. The molecule has 0 saturated carbocycles. The predicted octanol–water partition coefficient (Wildman–Crippen LogP) is 7.32. The monoisotopic (exact) mass is 625 g/mol. The van der Waals surface area contributed by atoms with Gasteiger partial charge in [0.1, 0.15) is 27.6 Å². The van der Waals surface area contributed by atoms with Crippen LogP contribution in [0.1, 0.15) is 66.8 Å². The molecule has 6 rings (SSSR count). The highest BCUT2D eigenvalue weighted by atomic mass is 32.2. The van der Waals surface area contributed by atoms with E-state index in [0.29, 0.717) is 36.4 Å². The highest BCUT2D eigenvalue weighted by Gasteiger charge is 2.45. The molecular formula is C36H36FN3O4S. The van der Waals surface area contributed by atoms with E-state index >= 15 is 0 Å². The van der Waals surface area contributed by atoms with Gasteiger partial charge in [0.2, 0.25) is 0 Å². The molecule has 9 heteroatoms. The molecule has 0 spiro atoms. The average Bonchev–Trinajstić information content (AvgIpc) is 3.64.